The number of nitrogens with one attached hydrogen (secondary N) is 1. The summed E-state index contributed by atoms with van der Waals surface area (Å²) in [4.78, 5) is 10.8. The Balaban J connectivity index is 2.48. The predicted molar refractivity (Wildman–Crippen MR) is 85.9 cm³/mol. The molecule has 0 aromatic heterocycles. The second-order valence-corrected chi connectivity index (χ2v) is 5.97. The molecular formula is C18H14F7NO2. The Morgan fingerprint density at radius 3 is 2.21 bits per heavy atom. The number of halogens is 7. The van der Waals surface area contributed by atoms with Gasteiger partial charge in [-0.25, -0.2) is 4.39 Å². The number of carbonyl (C=O) groups is 1. The van der Waals surface area contributed by atoms with Crippen LogP contribution in [-0.4, -0.2) is 23.8 Å². The van der Waals surface area contributed by atoms with Gasteiger partial charge in [0, 0.05) is 12.1 Å². The standard InChI is InChI=1S/C18H14F7NO2/c19-15-4-1-10(6-16(27)28)5-14(15)13-3-2-12(18(23,24)25)7-11(13)8-26-9-17(20,21)22/h1-5,7,26H,6,8-9H2,(H,27,28). The van der Waals surface area contributed by atoms with E-state index in [0.717, 1.165) is 18.2 Å². The van der Waals surface area contributed by atoms with Gasteiger partial charge >= 0.3 is 18.3 Å². The molecule has 0 saturated heterocycles. The molecule has 152 valence electrons. The molecule has 10 heteroatoms. The number of carboxylic acid groups (broad SMARTS) is 1. The summed E-state index contributed by atoms with van der Waals surface area (Å²) in [5, 5.41) is 10.8. The summed E-state index contributed by atoms with van der Waals surface area (Å²) in [6.45, 7) is -2.04. The third kappa shape index (κ3) is 5.95. The number of hydrogen-bond donors (Lipinski definition) is 2. The maximum Gasteiger partial charge on any atom is 0.416 e. The van der Waals surface area contributed by atoms with Gasteiger partial charge in [-0.3, -0.25) is 4.79 Å². The fourth-order valence-electron chi connectivity index (χ4n) is 2.58. The minimum atomic E-state index is -4.74. The molecule has 0 heterocycles. The summed E-state index contributed by atoms with van der Waals surface area (Å²) >= 11 is 0. The highest BCUT2D eigenvalue weighted by Gasteiger charge is 2.31. The molecule has 0 unspecified atom stereocenters. The third-order valence-electron chi connectivity index (χ3n) is 3.75. The Morgan fingerprint density at radius 1 is 0.964 bits per heavy atom. The van der Waals surface area contributed by atoms with Crippen molar-refractivity contribution in [1.82, 2.24) is 5.32 Å². The van der Waals surface area contributed by atoms with E-state index in [-0.39, 0.29) is 22.3 Å². The van der Waals surface area contributed by atoms with E-state index in [1.165, 1.54) is 6.07 Å². The highest BCUT2D eigenvalue weighted by molar-refractivity contribution is 5.73. The first-order valence-corrected chi connectivity index (χ1v) is 7.85. The summed E-state index contributed by atoms with van der Waals surface area (Å²) in [7, 11) is 0. The summed E-state index contributed by atoms with van der Waals surface area (Å²) in [6.07, 6.45) is -9.76. The lowest BCUT2D eigenvalue weighted by Gasteiger charge is -2.16. The van der Waals surface area contributed by atoms with Crippen molar-refractivity contribution in [3.63, 3.8) is 0 Å². The van der Waals surface area contributed by atoms with E-state index in [1.54, 1.807) is 0 Å². The largest absolute Gasteiger partial charge is 0.481 e. The lowest BCUT2D eigenvalue weighted by molar-refractivity contribution is -0.138. The topological polar surface area (TPSA) is 49.3 Å². The quantitative estimate of drug-likeness (QED) is 0.675. The molecule has 0 aliphatic rings. The average Bonchev–Trinajstić information content (AvgIpc) is 2.54. The van der Waals surface area contributed by atoms with E-state index in [0.29, 0.717) is 12.1 Å². The normalized spacial score (nSPS) is 12.2. The van der Waals surface area contributed by atoms with Gasteiger partial charge in [0.2, 0.25) is 0 Å². The van der Waals surface area contributed by atoms with Crippen molar-refractivity contribution in [2.24, 2.45) is 0 Å². The smallest absolute Gasteiger partial charge is 0.416 e. The molecular weight excluding hydrogens is 395 g/mol. The average molecular weight is 409 g/mol. The van der Waals surface area contributed by atoms with Gasteiger partial charge in [0.15, 0.2) is 0 Å². The molecule has 3 nitrogen and oxygen atoms in total. The van der Waals surface area contributed by atoms with Crippen LogP contribution in [0.5, 0.6) is 0 Å². The second kappa shape index (κ2) is 8.17. The molecule has 0 aliphatic carbocycles. The van der Waals surface area contributed by atoms with E-state index in [4.69, 9.17) is 5.11 Å². The third-order valence-corrected chi connectivity index (χ3v) is 3.75. The van der Waals surface area contributed by atoms with Crippen LogP contribution in [0, 0.1) is 5.82 Å². The number of alkyl halides is 6. The molecule has 0 atom stereocenters. The number of benzene rings is 2. The van der Waals surface area contributed by atoms with Crippen LogP contribution in [0.4, 0.5) is 30.7 Å². The van der Waals surface area contributed by atoms with Crippen LogP contribution in [0.25, 0.3) is 11.1 Å². The Labute approximate surface area is 154 Å². The van der Waals surface area contributed by atoms with Crippen LogP contribution in [0.3, 0.4) is 0 Å². The molecule has 2 aromatic rings. The molecule has 0 saturated carbocycles. The van der Waals surface area contributed by atoms with Crippen molar-refractivity contribution in [3.8, 4) is 11.1 Å². The van der Waals surface area contributed by atoms with E-state index in [1.807, 2.05) is 5.32 Å². The fourth-order valence-corrected chi connectivity index (χ4v) is 2.58. The second-order valence-electron chi connectivity index (χ2n) is 5.97. The van der Waals surface area contributed by atoms with E-state index in [9.17, 15) is 35.5 Å². The van der Waals surface area contributed by atoms with Crippen molar-refractivity contribution in [2.75, 3.05) is 6.54 Å². The van der Waals surface area contributed by atoms with Crippen molar-refractivity contribution in [2.45, 2.75) is 25.3 Å². The Hall–Kier alpha value is -2.62. The molecule has 2 N–H and O–H groups in total. The molecule has 2 aromatic carbocycles. The zero-order valence-corrected chi connectivity index (χ0v) is 14.1. The van der Waals surface area contributed by atoms with Crippen LogP contribution in [0.2, 0.25) is 0 Å². The van der Waals surface area contributed by atoms with Gasteiger partial charge in [-0.2, -0.15) is 26.3 Å². The van der Waals surface area contributed by atoms with Gasteiger partial charge < -0.3 is 10.4 Å². The maximum absolute atomic E-state index is 14.2. The lowest BCUT2D eigenvalue weighted by Crippen LogP contribution is -2.28. The Morgan fingerprint density at radius 2 is 1.64 bits per heavy atom. The first kappa shape index (κ1) is 21.7. The van der Waals surface area contributed by atoms with Crippen molar-refractivity contribution >= 4 is 5.97 Å². The first-order valence-electron chi connectivity index (χ1n) is 7.85. The zero-order chi connectivity index (χ0) is 21.1. The molecule has 0 bridgehead atoms. The highest BCUT2D eigenvalue weighted by Crippen LogP contribution is 2.34. The molecule has 0 amide bonds. The minimum absolute atomic E-state index is 0.0626. The van der Waals surface area contributed by atoms with Gasteiger partial charge in [0.25, 0.3) is 0 Å². The summed E-state index contributed by atoms with van der Waals surface area (Å²) in [5.41, 5.74) is -1.37. The van der Waals surface area contributed by atoms with Gasteiger partial charge in [-0.15, -0.1) is 0 Å². The van der Waals surface area contributed by atoms with Crippen LogP contribution in [0.1, 0.15) is 16.7 Å². The molecule has 0 fully saturated rings. The zero-order valence-electron chi connectivity index (χ0n) is 14.1. The van der Waals surface area contributed by atoms with Gasteiger partial charge in [-0.05, 0) is 41.0 Å². The van der Waals surface area contributed by atoms with Crippen LogP contribution in [0.15, 0.2) is 36.4 Å². The van der Waals surface area contributed by atoms with E-state index >= 15 is 0 Å². The monoisotopic (exact) mass is 409 g/mol. The first-order chi connectivity index (χ1) is 12.9. The number of rotatable bonds is 6. The predicted octanol–water partition coefficient (Wildman–Crippen LogP) is 4.79. The SMILES string of the molecule is O=C(O)Cc1ccc(F)c(-c2ccc(C(F)(F)F)cc2CNCC(F)(F)F)c1. The van der Waals surface area contributed by atoms with E-state index < -0.39 is 49.2 Å². The van der Waals surface area contributed by atoms with Gasteiger partial charge in [0.05, 0.1) is 18.5 Å². The van der Waals surface area contributed by atoms with Crippen molar-refractivity contribution in [3.05, 3.63) is 58.9 Å². The van der Waals surface area contributed by atoms with Crippen LogP contribution >= 0.6 is 0 Å². The minimum Gasteiger partial charge on any atom is -0.481 e. The molecule has 0 aliphatic heterocycles. The van der Waals surface area contributed by atoms with Crippen LogP contribution < -0.4 is 5.32 Å². The number of hydrogen-bond acceptors (Lipinski definition) is 2. The molecule has 0 radical (unpaired) electrons. The summed E-state index contributed by atoms with van der Waals surface area (Å²) in [5.74, 6) is -2.04. The van der Waals surface area contributed by atoms with Crippen molar-refractivity contribution < 1.29 is 40.6 Å². The molecule has 28 heavy (non-hydrogen) atoms. The number of aliphatic carboxylic acids is 1. The summed E-state index contributed by atoms with van der Waals surface area (Å²) in [6, 6.07) is 5.60. The van der Waals surface area contributed by atoms with Gasteiger partial charge in [0.1, 0.15) is 5.82 Å². The van der Waals surface area contributed by atoms with E-state index in [2.05, 4.69) is 0 Å². The Kier molecular flexibility index (Phi) is 6.33. The molecule has 0 spiro atoms. The van der Waals surface area contributed by atoms with Gasteiger partial charge in [-0.1, -0.05) is 12.1 Å². The fraction of sp³-hybridized carbons (Fsp3) is 0.278. The number of carboxylic acids is 1. The molecule has 2 rings (SSSR count). The highest BCUT2D eigenvalue weighted by atomic mass is 19.4. The lowest BCUT2D eigenvalue weighted by atomic mass is 9.95. The maximum atomic E-state index is 14.2. The van der Waals surface area contributed by atoms with Crippen molar-refractivity contribution in [1.29, 1.82) is 0 Å². The van der Waals surface area contributed by atoms with Crippen LogP contribution in [-0.2, 0) is 23.9 Å². The summed E-state index contributed by atoms with van der Waals surface area (Å²) < 4.78 is 90.1. The Bertz CT molecular complexity index is 860.